The van der Waals surface area contributed by atoms with Crippen molar-refractivity contribution in [2.75, 3.05) is 6.61 Å². The van der Waals surface area contributed by atoms with Crippen LogP contribution in [0.3, 0.4) is 0 Å². The van der Waals surface area contributed by atoms with E-state index in [9.17, 15) is 4.79 Å². The van der Waals surface area contributed by atoms with E-state index in [0.717, 1.165) is 12.8 Å². The minimum Gasteiger partial charge on any atom is -0.334 e. The fourth-order valence-corrected chi connectivity index (χ4v) is 1.72. The van der Waals surface area contributed by atoms with Gasteiger partial charge in [-0.25, -0.2) is 10.5 Å². The third-order valence-corrected chi connectivity index (χ3v) is 2.59. The minimum absolute atomic E-state index is 0.0807. The molecule has 1 atom stereocenters. The molecule has 0 aliphatic carbocycles. The van der Waals surface area contributed by atoms with Gasteiger partial charge in [-0.3, -0.25) is 9.63 Å². The Hall–Kier alpha value is -1.36. The first kappa shape index (κ1) is 14.7. The Kier molecular flexibility index (Phi) is 6.43. The fourth-order valence-electron chi connectivity index (χ4n) is 1.72. The van der Waals surface area contributed by atoms with E-state index in [2.05, 4.69) is 17.4 Å². The van der Waals surface area contributed by atoms with Gasteiger partial charge in [-0.2, -0.15) is 0 Å². The van der Waals surface area contributed by atoms with Crippen LogP contribution in [0.15, 0.2) is 18.7 Å². The van der Waals surface area contributed by atoms with Crippen molar-refractivity contribution in [3.05, 3.63) is 18.7 Å². The molecule has 18 heavy (non-hydrogen) atoms. The van der Waals surface area contributed by atoms with Crippen molar-refractivity contribution in [2.24, 2.45) is 5.92 Å². The highest BCUT2D eigenvalue weighted by molar-refractivity contribution is 5.75. The summed E-state index contributed by atoms with van der Waals surface area (Å²) in [5, 5.41) is 0. The fraction of sp³-hybridized carbons (Fsp3) is 0.692. The second kappa shape index (κ2) is 7.87. The number of rotatable bonds is 8. The van der Waals surface area contributed by atoms with E-state index in [4.69, 9.17) is 4.84 Å². The van der Waals surface area contributed by atoms with Crippen LogP contribution in [0.2, 0.25) is 0 Å². The molecule has 0 saturated heterocycles. The van der Waals surface area contributed by atoms with Crippen molar-refractivity contribution >= 4 is 5.91 Å². The standard InChI is InChI=1S/C13H23N3O2/c1-4-5-12(16-7-6-14-10-16)8-13(17)15-18-9-11(2)3/h6-7,10-12H,4-5,8-9H2,1-3H3,(H,15,17). The zero-order chi connectivity index (χ0) is 13.4. The Morgan fingerprint density at radius 3 is 2.83 bits per heavy atom. The molecule has 1 amide bonds. The first-order valence-corrected chi connectivity index (χ1v) is 6.51. The molecule has 1 rings (SSSR count). The molecule has 1 heterocycles. The van der Waals surface area contributed by atoms with E-state index in [0.29, 0.717) is 18.9 Å². The number of carbonyl (C=O) groups is 1. The molecule has 1 unspecified atom stereocenters. The molecule has 0 spiro atoms. The third-order valence-electron chi connectivity index (χ3n) is 2.59. The summed E-state index contributed by atoms with van der Waals surface area (Å²) in [5.41, 5.74) is 2.49. The van der Waals surface area contributed by atoms with Gasteiger partial charge in [0.1, 0.15) is 0 Å². The van der Waals surface area contributed by atoms with E-state index in [1.54, 1.807) is 12.5 Å². The summed E-state index contributed by atoms with van der Waals surface area (Å²) in [4.78, 5) is 20.9. The van der Waals surface area contributed by atoms with Crippen molar-refractivity contribution in [3.8, 4) is 0 Å². The number of carbonyl (C=O) groups excluding carboxylic acids is 1. The average molecular weight is 253 g/mol. The van der Waals surface area contributed by atoms with Gasteiger partial charge < -0.3 is 4.57 Å². The van der Waals surface area contributed by atoms with Crippen LogP contribution in [0.25, 0.3) is 0 Å². The summed E-state index contributed by atoms with van der Waals surface area (Å²) < 4.78 is 1.98. The molecule has 1 aromatic heterocycles. The van der Waals surface area contributed by atoms with Crippen LogP contribution >= 0.6 is 0 Å². The number of aromatic nitrogens is 2. The summed E-state index contributed by atoms with van der Waals surface area (Å²) in [7, 11) is 0. The van der Waals surface area contributed by atoms with Crippen LogP contribution in [-0.4, -0.2) is 22.1 Å². The maximum absolute atomic E-state index is 11.7. The highest BCUT2D eigenvalue weighted by atomic mass is 16.6. The molecule has 1 N–H and O–H groups in total. The Balaban J connectivity index is 2.39. The van der Waals surface area contributed by atoms with Crippen LogP contribution in [0, 0.1) is 5.92 Å². The number of amides is 1. The van der Waals surface area contributed by atoms with Crippen LogP contribution in [0.5, 0.6) is 0 Å². The molecule has 1 aromatic rings. The number of hydrogen-bond donors (Lipinski definition) is 1. The summed E-state index contributed by atoms with van der Waals surface area (Å²) in [6.45, 7) is 6.72. The SMILES string of the molecule is CCCC(CC(=O)NOCC(C)C)n1ccnc1. The molecule has 102 valence electrons. The van der Waals surface area contributed by atoms with Gasteiger partial charge in [0.05, 0.1) is 12.9 Å². The molecule has 0 saturated carbocycles. The average Bonchev–Trinajstić information content (AvgIpc) is 2.81. The van der Waals surface area contributed by atoms with Gasteiger partial charge in [-0.15, -0.1) is 0 Å². The zero-order valence-electron chi connectivity index (χ0n) is 11.4. The van der Waals surface area contributed by atoms with Crippen LogP contribution in [0.1, 0.15) is 46.1 Å². The molecular formula is C13H23N3O2. The van der Waals surface area contributed by atoms with Crippen molar-refractivity contribution in [2.45, 2.75) is 46.1 Å². The molecule has 0 fully saturated rings. The van der Waals surface area contributed by atoms with E-state index in [-0.39, 0.29) is 11.9 Å². The highest BCUT2D eigenvalue weighted by Crippen LogP contribution is 2.17. The topological polar surface area (TPSA) is 56.1 Å². The van der Waals surface area contributed by atoms with Gasteiger partial charge in [0, 0.05) is 24.9 Å². The smallest absolute Gasteiger partial charge is 0.245 e. The first-order chi connectivity index (χ1) is 8.63. The van der Waals surface area contributed by atoms with Crippen LogP contribution in [0.4, 0.5) is 0 Å². The lowest BCUT2D eigenvalue weighted by molar-refractivity contribution is -0.135. The second-order valence-electron chi connectivity index (χ2n) is 4.89. The van der Waals surface area contributed by atoms with Gasteiger partial charge in [0.25, 0.3) is 0 Å². The predicted octanol–water partition coefficient (Wildman–Crippen LogP) is 2.32. The predicted molar refractivity (Wildman–Crippen MR) is 69.7 cm³/mol. The van der Waals surface area contributed by atoms with Crippen molar-refractivity contribution < 1.29 is 9.63 Å². The minimum atomic E-state index is -0.0807. The second-order valence-corrected chi connectivity index (χ2v) is 4.89. The number of nitrogens with one attached hydrogen (secondary N) is 1. The summed E-state index contributed by atoms with van der Waals surface area (Å²) in [6.07, 6.45) is 7.78. The van der Waals surface area contributed by atoms with Crippen LogP contribution < -0.4 is 5.48 Å². The molecular weight excluding hydrogens is 230 g/mol. The highest BCUT2D eigenvalue weighted by Gasteiger charge is 2.14. The third kappa shape index (κ3) is 5.31. The summed E-state index contributed by atoms with van der Waals surface area (Å²) >= 11 is 0. The van der Waals surface area contributed by atoms with Gasteiger partial charge in [0.15, 0.2) is 0 Å². The van der Waals surface area contributed by atoms with E-state index < -0.39 is 0 Å². The molecule has 0 radical (unpaired) electrons. The lowest BCUT2D eigenvalue weighted by Gasteiger charge is -2.17. The maximum Gasteiger partial charge on any atom is 0.245 e. The van der Waals surface area contributed by atoms with Gasteiger partial charge >= 0.3 is 0 Å². The lowest BCUT2D eigenvalue weighted by Crippen LogP contribution is -2.28. The van der Waals surface area contributed by atoms with Gasteiger partial charge in [0.2, 0.25) is 5.91 Å². The molecule has 0 bridgehead atoms. The normalized spacial score (nSPS) is 12.7. The molecule has 5 nitrogen and oxygen atoms in total. The van der Waals surface area contributed by atoms with Gasteiger partial charge in [-0.05, 0) is 12.3 Å². The molecule has 0 aliphatic rings. The molecule has 5 heteroatoms. The van der Waals surface area contributed by atoms with Gasteiger partial charge in [-0.1, -0.05) is 27.2 Å². The monoisotopic (exact) mass is 253 g/mol. The van der Waals surface area contributed by atoms with Crippen molar-refractivity contribution in [3.63, 3.8) is 0 Å². The number of nitrogens with zero attached hydrogens (tertiary/aromatic N) is 2. The number of hydroxylamine groups is 1. The Morgan fingerprint density at radius 1 is 1.50 bits per heavy atom. The van der Waals surface area contributed by atoms with E-state index >= 15 is 0 Å². The van der Waals surface area contributed by atoms with Crippen molar-refractivity contribution in [1.29, 1.82) is 0 Å². The van der Waals surface area contributed by atoms with Crippen LogP contribution in [-0.2, 0) is 9.63 Å². The Morgan fingerprint density at radius 2 is 2.28 bits per heavy atom. The summed E-state index contributed by atoms with van der Waals surface area (Å²) in [6, 6.07) is 0.153. The van der Waals surface area contributed by atoms with E-state index in [1.807, 2.05) is 24.6 Å². The number of hydrogen-bond acceptors (Lipinski definition) is 3. The first-order valence-electron chi connectivity index (χ1n) is 6.51. The Labute approximate surface area is 108 Å². The maximum atomic E-state index is 11.7. The Bertz CT molecular complexity index is 336. The quantitative estimate of drug-likeness (QED) is 0.723. The lowest BCUT2D eigenvalue weighted by atomic mass is 10.1. The van der Waals surface area contributed by atoms with E-state index in [1.165, 1.54) is 0 Å². The summed E-state index contributed by atoms with van der Waals surface area (Å²) in [5.74, 6) is 0.327. The van der Waals surface area contributed by atoms with Crippen molar-refractivity contribution in [1.82, 2.24) is 15.0 Å². The number of imidazole rings is 1. The zero-order valence-corrected chi connectivity index (χ0v) is 11.4. The molecule has 0 aromatic carbocycles. The largest absolute Gasteiger partial charge is 0.334 e. The molecule has 0 aliphatic heterocycles.